The molecule has 0 saturated carbocycles. The molecule has 4 nitrogen and oxygen atoms in total. The van der Waals surface area contributed by atoms with Crippen LogP contribution in [0.25, 0.3) is 0 Å². The molecule has 0 aromatic carbocycles. The van der Waals surface area contributed by atoms with Crippen molar-refractivity contribution in [3.63, 3.8) is 0 Å². The Kier molecular flexibility index (Phi) is 9.52. The van der Waals surface area contributed by atoms with Gasteiger partial charge in [-0.15, -0.1) is 0 Å². The molecule has 0 aromatic rings. The predicted octanol–water partition coefficient (Wildman–Crippen LogP) is 1.05. The molecule has 0 heterocycles. The molecule has 1 unspecified atom stereocenters. The summed E-state index contributed by atoms with van der Waals surface area (Å²) in [6, 6.07) is -0.355. The van der Waals surface area contributed by atoms with Crippen molar-refractivity contribution in [3.8, 4) is 0 Å². The first-order valence-electron chi connectivity index (χ1n) is 5.83. The molecule has 3 N–H and O–H groups in total. The maximum Gasteiger partial charge on any atom is 0.236 e. The van der Waals surface area contributed by atoms with Gasteiger partial charge in [0, 0.05) is 19.8 Å². The molecule has 15 heavy (non-hydrogen) atoms. The van der Waals surface area contributed by atoms with Gasteiger partial charge in [0.05, 0.1) is 6.04 Å². The van der Waals surface area contributed by atoms with E-state index < -0.39 is 0 Å². The van der Waals surface area contributed by atoms with Gasteiger partial charge in [-0.2, -0.15) is 0 Å². The smallest absolute Gasteiger partial charge is 0.236 e. The van der Waals surface area contributed by atoms with Crippen LogP contribution >= 0.6 is 0 Å². The second-order valence-corrected chi connectivity index (χ2v) is 3.65. The van der Waals surface area contributed by atoms with E-state index >= 15 is 0 Å². The molecule has 1 atom stereocenters. The van der Waals surface area contributed by atoms with Crippen molar-refractivity contribution >= 4 is 5.91 Å². The Hall–Kier alpha value is -0.610. The third-order valence-electron chi connectivity index (χ3n) is 2.05. The standard InChI is InChI=1S/C11H24N2O2/c1-3-6-10(12)11(14)13-7-5-9-15-8-4-2/h10H,3-9,12H2,1-2H3,(H,13,14). The molecule has 0 aliphatic heterocycles. The van der Waals surface area contributed by atoms with Gasteiger partial charge in [0.15, 0.2) is 0 Å². The van der Waals surface area contributed by atoms with Crippen molar-refractivity contribution in [3.05, 3.63) is 0 Å². The molecule has 0 aliphatic carbocycles. The van der Waals surface area contributed by atoms with Gasteiger partial charge in [0.25, 0.3) is 0 Å². The molecule has 0 saturated heterocycles. The van der Waals surface area contributed by atoms with Gasteiger partial charge in [-0.05, 0) is 19.3 Å². The topological polar surface area (TPSA) is 64.3 Å². The number of ether oxygens (including phenoxy) is 1. The van der Waals surface area contributed by atoms with Crippen LogP contribution in [0.3, 0.4) is 0 Å². The van der Waals surface area contributed by atoms with Gasteiger partial charge in [0.2, 0.25) is 5.91 Å². The van der Waals surface area contributed by atoms with Gasteiger partial charge in [-0.25, -0.2) is 0 Å². The van der Waals surface area contributed by atoms with Gasteiger partial charge < -0.3 is 15.8 Å². The lowest BCUT2D eigenvalue weighted by atomic mass is 10.2. The van der Waals surface area contributed by atoms with Gasteiger partial charge in [-0.1, -0.05) is 20.3 Å². The summed E-state index contributed by atoms with van der Waals surface area (Å²) in [6.07, 6.45) is 3.57. The fourth-order valence-corrected chi connectivity index (χ4v) is 1.21. The summed E-state index contributed by atoms with van der Waals surface area (Å²) in [5.41, 5.74) is 5.65. The van der Waals surface area contributed by atoms with Crippen LogP contribution in [-0.2, 0) is 9.53 Å². The lowest BCUT2D eigenvalue weighted by Gasteiger charge is -2.10. The maximum absolute atomic E-state index is 11.3. The zero-order chi connectivity index (χ0) is 11.5. The van der Waals surface area contributed by atoms with E-state index in [2.05, 4.69) is 12.2 Å². The van der Waals surface area contributed by atoms with Gasteiger partial charge in [-0.3, -0.25) is 4.79 Å². The van der Waals surface area contributed by atoms with E-state index in [9.17, 15) is 4.79 Å². The molecule has 0 radical (unpaired) electrons. The highest BCUT2D eigenvalue weighted by Gasteiger charge is 2.10. The third-order valence-corrected chi connectivity index (χ3v) is 2.05. The number of carbonyl (C=O) groups excluding carboxylic acids is 1. The highest BCUT2D eigenvalue weighted by Crippen LogP contribution is 1.93. The lowest BCUT2D eigenvalue weighted by Crippen LogP contribution is -2.40. The number of hydrogen-bond donors (Lipinski definition) is 2. The molecule has 0 fully saturated rings. The van der Waals surface area contributed by atoms with Crippen molar-refractivity contribution in [1.82, 2.24) is 5.32 Å². The van der Waals surface area contributed by atoms with Crippen LogP contribution in [0.5, 0.6) is 0 Å². The molecule has 0 bridgehead atoms. The molecular formula is C11H24N2O2. The van der Waals surface area contributed by atoms with E-state index in [4.69, 9.17) is 10.5 Å². The monoisotopic (exact) mass is 216 g/mol. The summed E-state index contributed by atoms with van der Waals surface area (Å²) in [7, 11) is 0. The average molecular weight is 216 g/mol. The third kappa shape index (κ3) is 8.39. The molecule has 90 valence electrons. The van der Waals surface area contributed by atoms with Crippen LogP contribution in [-0.4, -0.2) is 31.7 Å². The largest absolute Gasteiger partial charge is 0.381 e. The van der Waals surface area contributed by atoms with Crippen molar-refractivity contribution in [2.45, 2.75) is 45.6 Å². The number of carbonyl (C=O) groups is 1. The second-order valence-electron chi connectivity index (χ2n) is 3.65. The normalized spacial score (nSPS) is 12.5. The Morgan fingerprint density at radius 3 is 2.67 bits per heavy atom. The van der Waals surface area contributed by atoms with Crippen LogP contribution < -0.4 is 11.1 Å². The summed E-state index contributed by atoms with van der Waals surface area (Å²) in [4.78, 5) is 11.3. The molecule has 4 heteroatoms. The van der Waals surface area contributed by atoms with Crippen LogP contribution in [0.15, 0.2) is 0 Å². The van der Waals surface area contributed by atoms with E-state index in [0.29, 0.717) is 13.2 Å². The van der Waals surface area contributed by atoms with Crippen LogP contribution in [0.1, 0.15) is 39.5 Å². The SMILES string of the molecule is CCCOCCCNC(=O)C(N)CCC. The van der Waals surface area contributed by atoms with Crippen molar-refractivity contribution in [1.29, 1.82) is 0 Å². The molecule has 0 aliphatic rings. The van der Waals surface area contributed by atoms with E-state index in [0.717, 1.165) is 32.3 Å². The Morgan fingerprint density at radius 2 is 2.07 bits per heavy atom. The lowest BCUT2D eigenvalue weighted by molar-refractivity contribution is -0.122. The Balaban J connectivity index is 3.30. The fourth-order valence-electron chi connectivity index (χ4n) is 1.21. The number of amides is 1. The minimum atomic E-state index is -0.355. The van der Waals surface area contributed by atoms with Gasteiger partial charge in [0.1, 0.15) is 0 Å². The summed E-state index contributed by atoms with van der Waals surface area (Å²) in [6.45, 7) is 6.25. The quantitative estimate of drug-likeness (QED) is 0.566. The number of nitrogens with one attached hydrogen (secondary N) is 1. The summed E-state index contributed by atoms with van der Waals surface area (Å²) in [5.74, 6) is -0.0488. The zero-order valence-electron chi connectivity index (χ0n) is 9.92. The molecule has 0 rings (SSSR count). The maximum atomic E-state index is 11.3. The molecule has 0 spiro atoms. The van der Waals surface area contributed by atoms with Crippen molar-refractivity contribution in [2.24, 2.45) is 5.73 Å². The summed E-state index contributed by atoms with van der Waals surface area (Å²) >= 11 is 0. The van der Waals surface area contributed by atoms with Crippen LogP contribution in [0, 0.1) is 0 Å². The Morgan fingerprint density at radius 1 is 1.33 bits per heavy atom. The first-order chi connectivity index (χ1) is 7.22. The predicted molar refractivity (Wildman–Crippen MR) is 61.6 cm³/mol. The van der Waals surface area contributed by atoms with E-state index in [1.54, 1.807) is 0 Å². The van der Waals surface area contributed by atoms with Crippen molar-refractivity contribution in [2.75, 3.05) is 19.8 Å². The first kappa shape index (κ1) is 14.4. The average Bonchev–Trinajstić information content (AvgIpc) is 2.23. The van der Waals surface area contributed by atoms with Gasteiger partial charge >= 0.3 is 0 Å². The van der Waals surface area contributed by atoms with Crippen LogP contribution in [0.4, 0.5) is 0 Å². The minimum Gasteiger partial charge on any atom is -0.381 e. The first-order valence-corrected chi connectivity index (χ1v) is 5.83. The minimum absolute atomic E-state index is 0.0488. The fraction of sp³-hybridized carbons (Fsp3) is 0.909. The number of rotatable bonds is 9. The Bertz CT molecular complexity index is 163. The molecule has 1 amide bonds. The summed E-state index contributed by atoms with van der Waals surface area (Å²) in [5, 5.41) is 2.80. The van der Waals surface area contributed by atoms with Crippen molar-refractivity contribution < 1.29 is 9.53 Å². The van der Waals surface area contributed by atoms with Crippen LogP contribution in [0.2, 0.25) is 0 Å². The molecular weight excluding hydrogens is 192 g/mol. The second kappa shape index (κ2) is 9.93. The van der Waals surface area contributed by atoms with E-state index in [1.807, 2.05) is 6.92 Å². The summed E-state index contributed by atoms with van der Waals surface area (Å²) < 4.78 is 5.29. The zero-order valence-corrected chi connectivity index (χ0v) is 9.92. The highest BCUT2D eigenvalue weighted by atomic mass is 16.5. The number of hydrogen-bond acceptors (Lipinski definition) is 3. The van der Waals surface area contributed by atoms with E-state index in [1.165, 1.54) is 0 Å². The highest BCUT2D eigenvalue weighted by molar-refractivity contribution is 5.81. The van der Waals surface area contributed by atoms with E-state index in [-0.39, 0.29) is 11.9 Å². The Labute approximate surface area is 92.6 Å². The molecule has 0 aromatic heterocycles. The number of nitrogens with two attached hydrogens (primary N) is 1.